The van der Waals surface area contributed by atoms with Gasteiger partial charge in [0.15, 0.2) is 5.82 Å². The van der Waals surface area contributed by atoms with Crippen LogP contribution in [0.2, 0.25) is 0 Å². The molecule has 78 valence electrons. The van der Waals surface area contributed by atoms with E-state index >= 15 is 0 Å². The second-order valence-corrected chi connectivity index (χ2v) is 3.43. The van der Waals surface area contributed by atoms with E-state index in [0.717, 1.165) is 16.6 Å². The van der Waals surface area contributed by atoms with Crippen LogP contribution in [0.25, 0.3) is 22.4 Å². The monoisotopic (exact) mass is 211 g/mol. The molecule has 3 rings (SSSR count). The Labute approximate surface area is 91.3 Å². The third-order valence-corrected chi connectivity index (χ3v) is 2.34. The fourth-order valence-corrected chi connectivity index (χ4v) is 1.59. The molecule has 0 bridgehead atoms. The van der Waals surface area contributed by atoms with E-state index in [0.29, 0.717) is 5.82 Å². The highest BCUT2D eigenvalue weighted by Crippen LogP contribution is 2.17. The molecule has 0 fully saturated rings. The first-order valence-corrected chi connectivity index (χ1v) is 4.87. The molecular formula is C11H9N5. The van der Waals surface area contributed by atoms with E-state index in [2.05, 4.69) is 20.2 Å². The minimum Gasteiger partial charge on any atom is -0.366 e. The fourth-order valence-electron chi connectivity index (χ4n) is 1.59. The van der Waals surface area contributed by atoms with Crippen LogP contribution in [0.4, 0.5) is 5.95 Å². The number of aromatic amines is 1. The molecule has 0 aliphatic rings. The van der Waals surface area contributed by atoms with Gasteiger partial charge in [0.2, 0.25) is 5.95 Å². The molecule has 0 saturated heterocycles. The molecule has 0 saturated carbocycles. The Morgan fingerprint density at radius 1 is 1.00 bits per heavy atom. The molecule has 16 heavy (non-hydrogen) atoms. The molecule has 0 aliphatic heterocycles. The molecule has 0 amide bonds. The van der Waals surface area contributed by atoms with Crippen molar-refractivity contribution in [1.29, 1.82) is 0 Å². The topological polar surface area (TPSA) is 80.5 Å². The summed E-state index contributed by atoms with van der Waals surface area (Å²) in [7, 11) is 0. The van der Waals surface area contributed by atoms with Crippen molar-refractivity contribution in [3.05, 3.63) is 36.4 Å². The van der Waals surface area contributed by atoms with E-state index in [1.807, 2.05) is 36.4 Å². The molecule has 0 spiro atoms. The van der Waals surface area contributed by atoms with Crippen molar-refractivity contribution in [2.45, 2.75) is 0 Å². The zero-order valence-electron chi connectivity index (χ0n) is 8.38. The predicted octanol–water partition coefficient (Wildman–Crippen LogP) is 1.60. The number of nitrogen functional groups attached to an aromatic ring is 1. The van der Waals surface area contributed by atoms with E-state index in [4.69, 9.17) is 5.73 Å². The van der Waals surface area contributed by atoms with Crippen LogP contribution in [0.15, 0.2) is 36.4 Å². The summed E-state index contributed by atoms with van der Waals surface area (Å²) >= 11 is 0. The lowest BCUT2D eigenvalue weighted by Crippen LogP contribution is -1.88. The number of benzene rings is 1. The van der Waals surface area contributed by atoms with Gasteiger partial charge in [0.05, 0.1) is 5.52 Å². The van der Waals surface area contributed by atoms with Gasteiger partial charge in [0.1, 0.15) is 5.69 Å². The molecule has 2 aromatic heterocycles. The van der Waals surface area contributed by atoms with Gasteiger partial charge in [-0.15, -0.1) is 5.10 Å². The number of hydrogen-bond donors (Lipinski definition) is 2. The Kier molecular flexibility index (Phi) is 1.83. The van der Waals surface area contributed by atoms with Crippen molar-refractivity contribution in [2.24, 2.45) is 0 Å². The standard InChI is InChI=1S/C11H9N5/c12-11-14-10(15-16-11)9-6-5-7-3-1-2-4-8(7)13-9/h1-6H,(H3,12,14,15,16). The Hall–Kier alpha value is -2.43. The maximum absolute atomic E-state index is 5.45. The van der Waals surface area contributed by atoms with Crippen molar-refractivity contribution in [3.63, 3.8) is 0 Å². The number of fused-ring (bicyclic) bond motifs is 1. The van der Waals surface area contributed by atoms with Crippen LogP contribution in [0.5, 0.6) is 0 Å². The summed E-state index contributed by atoms with van der Waals surface area (Å²) in [6, 6.07) is 11.8. The third kappa shape index (κ3) is 1.38. The SMILES string of the molecule is Nc1n[nH]c(-c2ccc3ccccc3n2)n1. The van der Waals surface area contributed by atoms with Gasteiger partial charge in [-0.2, -0.15) is 4.98 Å². The minimum absolute atomic E-state index is 0.227. The van der Waals surface area contributed by atoms with Crippen LogP contribution in [0.3, 0.4) is 0 Å². The lowest BCUT2D eigenvalue weighted by atomic mass is 10.2. The molecule has 0 aliphatic carbocycles. The van der Waals surface area contributed by atoms with Gasteiger partial charge in [-0.3, -0.25) is 5.10 Å². The molecule has 5 nitrogen and oxygen atoms in total. The number of nitrogens with zero attached hydrogens (tertiary/aromatic N) is 3. The van der Waals surface area contributed by atoms with Gasteiger partial charge in [0, 0.05) is 5.39 Å². The molecule has 5 heteroatoms. The second-order valence-electron chi connectivity index (χ2n) is 3.43. The van der Waals surface area contributed by atoms with Gasteiger partial charge < -0.3 is 5.73 Å². The van der Waals surface area contributed by atoms with Crippen molar-refractivity contribution in [1.82, 2.24) is 20.2 Å². The summed E-state index contributed by atoms with van der Waals surface area (Å²) in [4.78, 5) is 8.51. The first-order chi connectivity index (χ1) is 7.83. The van der Waals surface area contributed by atoms with E-state index in [1.165, 1.54) is 0 Å². The quantitative estimate of drug-likeness (QED) is 0.640. The van der Waals surface area contributed by atoms with E-state index in [1.54, 1.807) is 0 Å². The van der Waals surface area contributed by atoms with Crippen LogP contribution in [-0.4, -0.2) is 20.2 Å². The van der Waals surface area contributed by atoms with Gasteiger partial charge in [-0.05, 0) is 12.1 Å². The van der Waals surface area contributed by atoms with E-state index in [-0.39, 0.29) is 5.95 Å². The fraction of sp³-hybridized carbons (Fsp3) is 0. The number of rotatable bonds is 1. The summed E-state index contributed by atoms with van der Waals surface area (Å²) in [6.45, 7) is 0. The molecule has 1 aromatic carbocycles. The van der Waals surface area contributed by atoms with Gasteiger partial charge in [-0.1, -0.05) is 24.3 Å². The third-order valence-electron chi connectivity index (χ3n) is 2.34. The average molecular weight is 211 g/mol. The lowest BCUT2D eigenvalue weighted by Gasteiger charge is -1.98. The summed E-state index contributed by atoms with van der Waals surface area (Å²) < 4.78 is 0. The number of para-hydroxylation sites is 1. The van der Waals surface area contributed by atoms with Gasteiger partial charge in [0.25, 0.3) is 0 Å². The Morgan fingerprint density at radius 3 is 2.69 bits per heavy atom. The van der Waals surface area contributed by atoms with Crippen LogP contribution < -0.4 is 5.73 Å². The van der Waals surface area contributed by atoms with Crippen LogP contribution in [0, 0.1) is 0 Å². The maximum atomic E-state index is 5.45. The van der Waals surface area contributed by atoms with Crippen LogP contribution in [0.1, 0.15) is 0 Å². The van der Waals surface area contributed by atoms with Crippen molar-refractivity contribution >= 4 is 16.9 Å². The first kappa shape index (κ1) is 8.84. The number of H-pyrrole nitrogens is 1. The zero-order chi connectivity index (χ0) is 11.0. The van der Waals surface area contributed by atoms with Crippen molar-refractivity contribution in [3.8, 4) is 11.5 Å². The molecule has 0 atom stereocenters. The Balaban J connectivity index is 2.18. The lowest BCUT2D eigenvalue weighted by molar-refractivity contribution is 1.09. The summed E-state index contributed by atoms with van der Waals surface area (Å²) in [5.41, 5.74) is 7.11. The molecule has 0 radical (unpaired) electrons. The van der Waals surface area contributed by atoms with Gasteiger partial charge in [-0.25, -0.2) is 4.98 Å². The minimum atomic E-state index is 0.227. The highest BCUT2D eigenvalue weighted by atomic mass is 15.3. The summed E-state index contributed by atoms with van der Waals surface area (Å²) in [6.07, 6.45) is 0. The van der Waals surface area contributed by atoms with E-state index in [9.17, 15) is 0 Å². The highest BCUT2D eigenvalue weighted by Gasteiger charge is 2.05. The second kappa shape index (κ2) is 3.30. The van der Waals surface area contributed by atoms with Crippen molar-refractivity contribution in [2.75, 3.05) is 5.73 Å². The molecule has 0 unspecified atom stereocenters. The maximum Gasteiger partial charge on any atom is 0.239 e. The summed E-state index contributed by atoms with van der Waals surface area (Å²) in [5.74, 6) is 0.813. The predicted molar refractivity (Wildman–Crippen MR) is 61.5 cm³/mol. The molecule has 3 N–H and O–H groups in total. The number of aromatic nitrogens is 4. The van der Waals surface area contributed by atoms with Crippen LogP contribution in [-0.2, 0) is 0 Å². The number of pyridine rings is 1. The smallest absolute Gasteiger partial charge is 0.239 e. The van der Waals surface area contributed by atoms with Gasteiger partial charge >= 0.3 is 0 Å². The Morgan fingerprint density at radius 2 is 1.88 bits per heavy atom. The molecule has 2 heterocycles. The van der Waals surface area contributed by atoms with Crippen molar-refractivity contribution < 1.29 is 0 Å². The normalized spacial score (nSPS) is 10.8. The Bertz CT molecular complexity index is 643. The number of nitrogens with two attached hydrogens (primary N) is 1. The molecule has 3 aromatic rings. The molecular weight excluding hydrogens is 202 g/mol. The first-order valence-electron chi connectivity index (χ1n) is 4.87. The zero-order valence-corrected chi connectivity index (χ0v) is 8.38. The number of hydrogen-bond acceptors (Lipinski definition) is 4. The highest BCUT2D eigenvalue weighted by molar-refractivity contribution is 5.80. The largest absolute Gasteiger partial charge is 0.366 e. The average Bonchev–Trinajstić information content (AvgIpc) is 2.75. The van der Waals surface area contributed by atoms with Crippen LogP contribution >= 0.6 is 0 Å². The van der Waals surface area contributed by atoms with E-state index < -0.39 is 0 Å². The summed E-state index contributed by atoms with van der Waals surface area (Å²) in [5, 5.41) is 7.61. The number of nitrogens with one attached hydrogen (secondary N) is 1. The number of anilines is 1.